The summed E-state index contributed by atoms with van der Waals surface area (Å²) in [6.45, 7) is 13.4. The first kappa shape index (κ1) is 24.6. The van der Waals surface area contributed by atoms with Crippen molar-refractivity contribution in [3.8, 4) is 0 Å². The third-order valence-corrected chi connectivity index (χ3v) is 6.61. The Labute approximate surface area is 186 Å². The maximum absolute atomic E-state index is 4.45. The highest BCUT2D eigenvalue weighted by atomic mass is 15.2. The molecule has 2 nitrogen and oxygen atoms in total. The molecule has 0 saturated carbocycles. The molecule has 0 aliphatic heterocycles. The number of rotatable bonds is 9. The topological polar surface area (TPSA) is 24.7 Å². The van der Waals surface area contributed by atoms with Crippen molar-refractivity contribution >= 4 is 12.4 Å². The highest BCUT2D eigenvalue weighted by molar-refractivity contribution is 5.66. The van der Waals surface area contributed by atoms with E-state index in [1.54, 1.807) is 11.1 Å². The average Bonchev–Trinajstić information content (AvgIpc) is 2.67. The molecular formula is C28H44N2. The van der Waals surface area contributed by atoms with Gasteiger partial charge in [-0.25, -0.2) is 0 Å². The van der Waals surface area contributed by atoms with E-state index in [9.17, 15) is 0 Å². The molecule has 30 heavy (non-hydrogen) atoms. The minimum absolute atomic E-state index is 0.528. The predicted octanol–water partition coefficient (Wildman–Crippen LogP) is 8.48. The first-order valence-corrected chi connectivity index (χ1v) is 12.0. The van der Waals surface area contributed by atoms with Gasteiger partial charge in [0.1, 0.15) is 0 Å². The second-order valence-corrected chi connectivity index (χ2v) is 10.1. The Kier molecular flexibility index (Phi) is 10.5. The fraction of sp³-hybridized carbons (Fsp3) is 0.643. The number of nitrogens with zero attached hydrogens (tertiary/aromatic N) is 2. The molecule has 0 aromatic rings. The molecule has 0 fully saturated rings. The normalized spacial score (nSPS) is 27.1. The first-order chi connectivity index (χ1) is 14.3. The van der Waals surface area contributed by atoms with Crippen molar-refractivity contribution < 1.29 is 0 Å². The third kappa shape index (κ3) is 8.98. The van der Waals surface area contributed by atoms with E-state index >= 15 is 0 Å². The van der Waals surface area contributed by atoms with Gasteiger partial charge in [-0.15, -0.1) is 0 Å². The Hall–Kier alpha value is -1.70. The Balaban J connectivity index is 1.78. The summed E-state index contributed by atoms with van der Waals surface area (Å²) in [6.07, 6.45) is 23.2. The lowest BCUT2D eigenvalue weighted by molar-refractivity contribution is 0.428. The smallest absolute Gasteiger partial charge is 0.0306 e. The molecule has 0 heterocycles. The van der Waals surface area contributed by atoms with Crippen LogP contribution in [0.2, 0.25) is 0 Å². The largest absolute Gasteiger partial charge is 0.164 e. The van der Waals surface area contributed by atoms with E-state index < -0.39 is 0 Å². The summed E-state index contributed by atoms with van der Waals surface area (Å²) in [5, 5.41) is 8.90. The van der Waals surface area contributed by atoms with Crippen molar-refractivity contribution in [2.75, 3.05) is 0 Å². The summed E-state index contributed by atoms with van der Waals surface area (Å²) >= 11 is 0. The molecule has 166 valence electrons. The molecule has 0 N–H and O–H groups in total. The third-order valence-electron chi connectivity index (χ3n) is 6.61. The van der Waals surface area contributed by atoms with E-state index in [4.69, 9.17) is 0 Å². The molecule has 0 bridgehead atoms. The Morgan fingerprint density at radius 3 is 1.50 bits per heavy atom. The zero-order valence-electron chi connectivity index (χ0n) is 20.3. The van der Waals surface area contributed by atoms with Crippen LogP contribution >= 0.6 is 0 Å². The fourth-order valence-corrected chi connectivity index (χ4v) is 4.53. The fourth-order valence-electron chi connectivity index (χ4n) is 4.53. The van der Waals surface area contributed by atoms with Gasteiger partial charge < -0.3 is 0 Å². The predicted molar refractivity (Wildman–Crippen MR) is 134 cm³/mol. The van der Waals surface area contributed by atoms with E-state index in [0.717, 1.165) is 12.8 Å². The van der Waals surface area contributed by atoms with Gasteiger partial charge in [0.05, 0.1) is 0 Å². The molecule has 2 aliphatic rings. The molecule has 0 spiro atoms. The molecule has 0 saturated heterocycles. The van der Waals surface area contributed by atoms with E-state index in [2.05, 4.69) is 88.5 Å². The lowest BCUT2D eigenvalue weighted by Gasteiger charge is -2.26. The van der Waals surface area contributed by atoms with Crippen molar-refractivity contribution in [3.05, 3.63) is 46.6 Å². The van der Waals surface area contributed by atoms with Gasteiger partial charge in [-0.3, -0.25) is 0 Å². The Bertz CT molecular complexity index is 647. The monoisotopic (exact) mass is 408 g/mol. The van der Waals surface area contributed by atoms with Crippen LogP contribution in [0.15, 0.2) is 56.8 Å². The lowest BCUT2D eigenvalue weighted by Crippen LogP contribution is -2.18. The maximum Gasteiger partial charge on any atom is 0.0306 e. The van der Waals surface area contributed by atoms with Crippen LogP contribution in [0.4, 0.5) is 0 Å². The van der Waals surface area contributed by atoms with Crippen molar-refractivity contribution in [2.24, 2.45) is 33.9 Å². The van der Waals surface area contributed by atoms with Crippen LogP contribution in [-0.2, 0) is 0 Å². The number of hydrogen-bond donors (Lipinski definition) is 0. The molecule has 0 aromatic carbocycles. The SMILES string of the molecule is CC(C)=CCCC1=CCC(C=NN=CC2CC=C(CCC=C(C)C)CC2C)C(C)C1. The number of hydrogen-bond acceptors (Lipinski definition) is 2. The van der Waals surface area contributed by atoms with Crippen molar-refractivity contribution in [1.82, 2.24) is 0 Å². The first-order valence-electron chi connectivity index (χ1n) is 12.0. The van der Waals surface area contributed by atoms with Gasteiger partial charge in [0.15, 0.2) is 0 Å². The average molecular weight is 409 g/mol. The van der Waals surface area contributed by atoms with Crippen LogP contribution in [0.1, 0.15) is 92.9 Å². The summed E-state index contributed by atoms with van der Waals surface area (Å²) in [6, 6.07) is 0. The van der Waals surface area contributed by atoms with E-state index in [0.29, 0.717) is 23.7 Å². The second-order valence-electron chi connectivity index (χ2n) is 10.1. The van der Waals surface area contributed by atoms with Gasteiger partial charge in [-0.1, -0.05) is 60.4 Å². The molecule has 0 aromatic heterocycles. The molecule has 0 amide bonds. The minimum Gasteiger partial charge on any atom is -0.164 e. The van der Waals surface area contributed by atoms with Crippen molar-refractivity contribution in [1.29, 1.82) is 0 Å². The van der Waals surface area contributed by atoms with Crippen LogP contribution in [0, 0.1) is 23.7 Å². The molecular weight excluding hydrogens is 364 g/mol. The van der Waals surface area contributed by atoms with E-state index in [-0.39, 0.29) is 0 Å². The molecule has 4 atom stereocenters. The summed E-state index contributed by atoms with van der Waals surface area (Å²) in [5.41, 5.74) is 6.09. The van der Waals surface area contributed by atoms with E-state index in [1.807, 2.05) is 0 Å². The van der Waals surface area contributed by atoms with Gasteiger partial charge in [0.2, 0.25) is 0 Å². The summed E-state index contributed by atoms with van der Waals surface area (Å²) < 4.78 is 0. The quantitative estimate of drug-likeness (QED) is 0.207. The standard InChI is InChI=1S/C28H44N2/c1-21(2)9-7-11-25-13-15-27(23(5)17-25)19-29-30-20-28-16-14-26(18-24(28)6)12-8-10-22(3)4/h9-10,13-14,19-20,23-24,27-28H,7-8,11-12,15-18H2,1-6H3. The van der Waals surface area contributed by atoms with E-state index in [1.165, 1.54) is 49.7 Å². The van der Waals surface area contributed by atoms with Gasteiger partial charge in [-0.2, -0.15) is 10.2 Å². The molecule has 2 heteroatoms. The summed E-state index contributed by atoms with van der Waals surface area (Å²) in [7, 11) is 0. The van der Waals surface area contributed by atoms with Gasteiger partial charge in [0, 0.05) is 24.3 Å². The summed E-state index contributed by atoms with van der Waals surface area (Å²) in [5.74, 6) is 2.38. The molecule has 0 radical (unpaired) electrons. The molecule has 4 unspecified atom stereocenters. The van der Waals surface area contributed by atoms with Crippen LogP contribution in [0.5, 0.6) is 0 Å². The minimum atomic E-state index is 0.528. The maximum atomic E-state index is 4.45. The Morgan fingerprint density at radius 2 is 1.17 bits per heavy atom. The highest BCUT2D eigenvalue weighted by Gasteiger charge is 2.21. The van der Waals surface area contributed by atoms with Gasteiger partial charge >= 0.3 is 0 Å². The molecule has 2 aliphatic carbocycles. The highest BCUT2D eigenvalue weighted by Crippen LogP contribution is 2.32. The number of allylic oxidation sites excluding steroid dienone is 8. The lowest BCUT2D eigenvalue weighted by atomic mass is 9.80. The van der Waals surface area contributed by atoms with Gasteiger partial charge in [0.25, 0.3) is 0 Å². The van der Waals surface area contributed by atoms with Crippen LogP contribution in [0.25, 0.3) is 0 Å². The van der Waals surface area contributed by atoms with Gasteiger partial charge in [-0.05, 0) is 90.9 Å². The van der Waals surface area contributed by atoms with Crippen molar-refractivity contribution in [2.45, 2.75) is 92.9 Å². The summed E-state index contributed by atoms with van der Waals surface area (Å²) in [4.78, 5) is 0. The molecule has 2 rings (SSSR count). The van der Waals surface area contributed by atoms with Crippen LogP contribution < -0.4 is 0 Å². The zero-order chi connectivity index (χ0) is 21.9. The van der Waals surface area contributed by atoms with Crippen LogP contribution in [-0.4, -0.2) is 12.4 Å². The Morgan fingerprint density at radius 1 is 0.767 bits per heavy atom. The van der Waals surface area contributed by atoms with Crippen LogP contribution in [0.3, 0.4) is 0 Å². The van der Waals surface area contributed by atoms with Crippen molar-refractivity contribution in [3.63, 3.8) is 0 Å². The second kappa shape index (κ2) is 12.9. The zero-order valence-corrected chi connectivity index (χ0v) is 20.3.